The average Bonchev–Trinajstić information content (AvgIpc) is 2.40. The van der Waals surface area contributed by atoms with Gasteiger partial charge in [0, 0.05) is 5.56 Å². The van der Waals surface area contributed by atoms with E-state index in [1.54, 1.807) is 31.2 Å². The number of aryl methyl sites for hydroxylation is 1. The standard InChI is InChI=1S/C13H12IN3O2/c1-8-11(14)13(19)17(7-16-8)6-9-2-4-10(5-3-9)12(15)18/h2-5,7H,6H2,1H3,(H2,15,18). The van der Waals surface area contributed by atoms with Crippen LogP contribution >= 0.6 is 22.6 Å². The van der Waals surface area contributed by atoms with Crippen molar-refractivity contribution in [3.05, 3.63) is 61.3 Å². The Morgan fingerprint density at radius 3 is 2.58 bits per heavy atom. The highest BCUT2D eigenvalue weighted by atomic mass is 127. The quantitative estimate of drug-likeness (QED) is 0.829. The molecule has 0 atom stereocenters. The first kappa shape index (κ1) is 13.7. The summed E-state index contributed by atoms with van der Waals surface area (Å²) in [6, 6.07) is 6.85. The molecule has 2 rings (SSSR count). The Kier molecular flexibility index (Phi) is 3.98. The van der Waals surface area contributed by atoms with Crippen LogP contribution in [-0.2, 0) is 6.54 Å². The first-order chi connectivity index (χ1) is 8.99. The van der Waals surface area contributed by atoms with Crippen LogP contribution in [0.1, 0.15) is 21.6 Å². The number of amides is 1. The van der Waals surface area contributed by atoms with E-state index < -0.39 is 5.91 Å². The molecule has 1 aromatic heterocycles. The van der Waals surface area contributed by atoms with Crippen LogP contribution in [0.3, 0.4) is 0 Å². The highest BCUT2D eigenvalue weighted by Gasteiger charge is 2.06. The van der Waals surface area contributed by atoms with Crippen LogP contribution in [0.15, 0.2) is 35.4 Å². The van der Waals surface area contributed by atoms with Crippen LogP contribution in [-0.4, -0.2) is 15.5 Å². The number of carbonyl (C=O) groups excluding carboxylic acids is 1. The Labute approximate surface area is 123 Å². The molecule has 1 heterocycles. The second-order valence-electron chi connectivity index (χ2n) is 4.14. The van der Waals surface area contributed by atoms with Gasteiger partial charge in [0.15, 0.2) is 0 Å². The van der Waals surface area contributed by atoms with E-state index in [-0.39, 0.29) is 5.56 Å². The van der Waals surface area contributed by atoms with E-state index in [0.717, 1.165) is 11.3 Å². The highest BCUT2D eigenvalue weighted by molar-refractivity contribution is 14.1. The number of hydrogen-bond donors (Lipinski definition) is 1. The van der Waals surface area contributed by atoms with Crippen molar-refractivity contribution in [2.45, 2.75) is 13.5 Å². The normalized spacial score (nSPS) is 10.4. The Bertz CT molecular complexity index is 677. The summed E-state index contributed by atoms with van der Waals surface area (Å²) in [5.74, 6) is -0.463. The van der Waals surface area contributed by atoms with E-state index in [4.69, 9.17) is 5.73 Å². The van der Waals surface area contributed by atoms with Crippen LogP contribution in [0.5, 0.6) is 0 Å². The molecule has 1 amide bonds. The second kappa shape index (κ2) is 5.52. The van der Waals surface area contributed by atoms with Gasteiger partial charge < -0.3 is 5.73 Å². The molecule has 0 aliphatic rings. The minimum atomic E-state index is -0.463. The lowest BCUT2D eigenvalue weighted by atomic mass is 10.1. The number of primary amides is 1. The SMILES string of the molecule is Cc1ncn(Cc2ccc(C(N)=O)cc2)c(=O)c1I. The minimum Gasteiger partial charge on any atom is -0.366 e. The molecule has 2 N–H and O–H groups in total. The van der Waals surface area contributed by atoms with Crippen LogP contribution < -0.4 is 11.3 Å². The average molecular weight is 369 g/mol. The van der Waals surface area contributed by atoms with Gasteiger partial charge in [-0.3, -0.25) is 14.2 Å². The van der Waals surface area contributed by atoms with Gasteiger partial charge in [-0.15, -0.1) is 0 Å². The molecule has 5 nitrogen and oxygen atoms in total. The second-order valence-corrected chi connectivity index (χ2v) is 5.22. The maximum absolute atomic E-state index is 12.0. The molecule has 0 radical (unpaired) electrons. The molecule has 0 spiro atoms. The summed E-state index contributed by atoms with van der Waals surface area (Å²) in [5, 5.41) is 0. The summed E-state index contributed by atoms with van der Waals surface area (Å²) in [7, 11) is 0. The van der Waals surface area contributed by atoms with Gasteiger partial charge in [-0.05, 0) is 47.2 Å². The largest absolute Gasteiger partial charge is 0.366 e. The summed E-state index contributed by atoms with van der Waals surface area (Å²) >= 11 is 1.99. The van der Waals surface area contributed by atoms with Crippen molar-refractivity contribution in [3.8, 4) is 0 Å². The Balaban J connectivity index is 2.29. The molecule has 0 aliphatic carbocycles. The predicted molar refractivity (Wildman–Crippen MR) is 80.0 cm³/mol. The topological polar surface area (TPSA) is 78.0 Å². The summed E-state index contributed by atoms with van der Waals surface area (Å²) in [4.78, 5) is 27.1. The molecule has 6 heteroatoms. The van der Waals surface area contributed by atoms with Crippen molar-refractivity contribution in [1.82, 2.24) is 9.55 Å². The van der Waals surface area contributed by atoms with E-state index >= 15 is 0 Å². The molecule has 19 heavy (non-hydrogen) atoms. The Hall–Kier alpha value is -1.70. The zero-order valence-corrected chi connectivity index (χ0v) is 12.4. The Morgan fingerprint density at radius 1 is 1.37 bits per heavy atom. The van der Waals surface area contributed by atoms with E-state index in [1.807, 2.05) is 22.6 Å². The molecule has 0 aliphatic heterocycles. The van der Waals surface area contributed by atoms with Gasteiger partial charge in [-0.25, -0.2) is 4.98 Å². The third kappa shape index (κ3) is 3.01. The number of hydrogen-bond acceptors (Lipinski definition) is 3. The van der Waals surface area contributed by atoms with Crippen molar-refractivity contribution in [1.29, 1.82) is 0 Å². The number of benzene rings is 1. The van der Waals surface area contributed by atoms with Gasteiger partial charge in [0.1, 0.15) is 0 Å². The van der Waals surface area contributed by atoms with Gasteiger partial charge in [0.05, 0.1) is 22.1 Å². The third-order valence-electron chi connectivity index (χ3n) is 2.75. The first-order valence-electron chi connectivity index (χ1n) is 5.59. The van der Waals surface area contributed by atoms with Crippen LogP contribution in [0.4, 0.5) is 0 Å². The number of nitrogens with zero attached hydrogens (tertiary/aromatic N) is 2. The predicted octanol–water partition coefficient (Wildman–Crippen LogP) is 1.30. The summed E-state index contributed by atoms with van der Waals surface area (Å²) < 4.78 is 2.16. The van der Waals surface area contributed by atoms with Crippen molar-refractivity contribution < 1.29 is 4.79 Å². The highest BCUT2D eigenvalue weighted by Crippen LogP contribution is 2.06. The van der Waals surface area contributed by atoms with E-state index in [1.165, 1.54) is 10.9 Å². The minimum absolute atomic E-state index is 0.0629. The molecule has 0 fully saturated rings. The molecule has 98 valence electrons. The molecule has 0 unspecified atom stereocenters. The van der Waals surface area contributed by atoms with Crippen molar-refractivity contribution in [3.63, 3.8) is 0 Å². The maximum atomic E-state index is 12.0. The van der Waals surface area contributed by atoms with Gasteiger partial charge in [0.2, 0.25) is 5.91 Å². The summed E-state index contributed by atoms with van der Waals surface area (Å²) in [6.45, 7) is 2.22. The number of rotatable bonds is 3. The third-order valence-corrected chi connectivity index (χ3v) is 3.99. The molecule has 0 saturated heterocycles. The zero-order valence-electron chi connectivity index (χ0n) is 10.3. The van der Waals surface area contributed by atoms with E-state index in [2.05, 4.69) is 4.98 Å². The van der Waals surface area contributed by atoms with Crippen molar-refractivity contribution in [2.75, 3.05) is 0 Å². The van der Waals surface area contributed by atoms with Crippen LogP contribution in [0.2, 0.25) is 0 Å². The monoisotopic (exact) mass is 369 g/mol. The van der Waals surface area contributed by atoms with E-state index in [0.29, 0.717) is 15.7 Å². The molecule has 0 bridgehead atoms. The number of nitrogens with two attached hydrogens (primary N) is 1. The number of aromatic nitrogens is 2. The summed E-state index contributed by atoms with van der Waals surface area (Å²) in [5.41, 5.74) is 7.20. The lowest BCUT2D eigenvalue weighted by Gasteiger charge is -2.07. The maximum Gasteiger partial charge on any atom is 0.267 e. The van der Waals surface area contributed by atoms with Crippen LogP contribution in [0, 0.1) is 10.5 Å². The smallest absolute Gasteiger partial charge is 0.267 e. The van der Waals surface area contributed by atoms with Crippen molar-refractivity contribution in [2.24, 2.45) is 5.73 Å². The fourth-order valence-electron chi connectivity index (χ4n) is 1.63. The number of halogens is 1. The molecular weight excluding hydrogens is 357 g/mol. The van der Waals surface area contributed by atoms with Gasteiger partial charge >= 0.3 is 0 Å². The van der Waals surface area contributed by atoms with Gasteiger partial charge in [-0.2, -0.15) is 0 Å². The van der Waals surface area contributed by atoms with E-state index in [9.17, 15) is 9.59 Å². The van der Waals surface area contributed by atoms with Crippen molar-refractivity contribution >= 4 is 28.5 Å². The number of carbonyl (C=O) groups is 1. The molecule has 1 aromatic carbocycles. The molecule has 0 saturated carbocycles. The molecular formula is C13H12IN3O2. The zero-order chi connectivity index (χ0) is 14.0. The fourth-order valence-corrected chi connectivity index (χ4v) is 2.08. The first-order valence-corrected chi connectivity index (χ1v) is 6.67. The summed E-state index contributed by atoms with van der Waals surface area (Å²) in [6.07, 6.45) is 1.53. The van der Waals surface area contributed by atoms with Gasteiger partial charge in [0.25, 0.3) is 5.56 Å². The van der Waals surface area contributed by atoms with Gasteiger partial charge in [-0.1, -0.05) is 12.1 Å². The fraction of sp³-hybridized carbons (Fsp3) is 0.154. The Morgan fingerprint density at radius 2 is 2.00 bits per heavy atom. The van der Waals surface area contributed by atoms with Crippen LogP contribution in [0.25, 0.3) is 0 Å². The lowest BCUT2D eigenvalue weighted by Crippen LogP contribution is -2.24. The molecule has 2 aromatic rings. The lowest BCUT2D eigenvalue weighted by molar-refractivity contribution is 0.100.